The molecule has 2 aromatic rings. The standard InChI is InChI=1S/C15H16N6O2/c16-5-6-18-21-12-4-3-11(17-8-12)7-14-20-13(9-23-14)15(22)19-10-1-2-10/h3-6,8-10,16,21H,1-2,7H2,(H,19,22)/b16-5?,18-6-. The summed E-state index contributed by atoms with van der Waals surface area (Å²) in [6.45, 7) is 0. The van der Waals surface area contributed by atoms with Crippen molar-refractivity contribution in [2.24, 2.45) is 5.10 Å². The van der Waals surface area contributed by atoms with E-state index in [0.717, 1.165) is 24.8 Å². The van der Waals surface area contributed by atoms with E-state index in [2.05, 4.69) is 25.8 Å². The summed E-state index contributed by atoms with van der Waals surface area (Å²) in [7, 11) is 0. The Morgan fingerprint density at radius 3 is 3.04 bits per heavy atom. The van der Waals surface area contributed by atoms with Gasteiger partial charge in [-0.3, -0.25) is 15.2 Å². The molecule has 8 nitrogen and oxygen atoms in total. The summed E-state index contributed by atoms with van der Waals surface area (Å²) in [5.74, 6) is 0.250. The smallest absolute Gasteiger partial charge is 0.273 e. The van der Waals surface area contributed by atoms with Gasteiger partial charge in [0.2, 0.25) is 5.89 Å². The Morgan fingerprint density at radius 1 is 1.48 bits per heavy atom. The van der Waals surface area contributed by atoms with Gasteiger partial charge < -0.3 is 15.1 Å². The van der Waals surface area contributed by atoms with Crippen molar-refractivity contribution < 1.29 is 9.21 Å². The van der Waals surface area contributed by atoms with Crippen LogP contribution < -0.4 is 10.7 Å². The molecule has 1 aliphatic carbocycles. The molecule has 0 unspecified atom stereocenters. The highest BCUT2D eigenvalue weighted by atomic mass is 16.3. The number of carbonyl (C=O) groups excluding carboxylic acids is 1. The van der Waals surface area contributed by atoms with E-state index in [1.807, 2.05) is 12.1 Å². The Labute approximate surface area is 132 Å². The molecule has 0 atom stereocenters. The number of pyridine rings is 1. The van der Waals surface area contributed by atoms with Crippen LogP contribution in [0.25, 0.3) is 0 Å². The van der Waals surface area contributed by atoms with E-state index in [1.165, 1.54) is 12.5 Å². The van der Waals surface area contributed by atoms with Crippen LogP contribution in [0.2, 0.25) is 0 Å². The van der Waals surface area contributed by atoms with Crippen LogP contribution >= 0.6 is 0 Å². The van der Waals surface area contributed by atoms with Crippen molar-refractivity contribution in [3.63, 3.8) is 0 Å². The first-order chi connectivity index (χ1) is 11.2. The molecule has 1 fully saturated rings. The summed E-state index contributed by atoms with van der Waals surface area (Å²) >= 11 is 0. The molecule has 1 aliphatic rings. The van der Waals surface area contributed by atoms with Gasteiger partial charge in [-0.25, -0.2) is 4.98 Å². The van der Waals surface area contributed by atoms with Gasteiger partial charge in [0.1, 0.15) is 6.26 Å². The van der Waals surface area contributed by atoms with Gasteiger partial charge in [0, 0.05) is 18.0 Å². The van der Waals surface area contributed by atoms with Gasteiger partial charge in [-0.1, -0.05) is 0 Å². The molecule has 0 radical (unpaired) electrons. The minimum atomic E-state index is -0.195. The van der Waals surface area contributed by atoms with Gasteiger partial charge >= 0.3 is 0 Å². The fourth-order valence-electron chi connectivity index (χ4n) is 1.88. The lowest BCUT2D eigenvalue weighted by molar-refractivity contribution is 0.0946. The predicted molar refractivity (Wildman–Crippen MR) is 84.9 cm³/mol. The molecule has 118 valence electrons. The molecule has 3 rings (SSSR count). The van der Waals surface area contributed by atoms with Crippen LogP contribution in [0.1, 0.15) is 34.9 Å². The highest BCUT2D eigenvalue weighted by Crippen LogP contribution is 2.19. The third-order valence-corrected chi connectivity index (χ3v) is 3.20. The van der Waals surface area contributed by atoms with Crippen molar-refractivity contribution >= 4 is 24.0 Å². The lowest BCUT2D eigenvalue weighted by atomic mass is 10.2. The number of amides is 1. The lowest BCUT2D eigenvalue weighted by Crippen LogP contribution is -2.25. The van der Waals surface area contributed by atoms with E-state index in [1.54, 1.807) is 6.20 Å². The van der Waals surface area contributed by atoms with Crippen molar-refractivity contribution in [1.82, 2.24) is 15.3 Å². The van der Waals surface area contributed by atoms with Crippen LogP contribution in [0, 0.1) is 5.41 Å². The number of hydrogen-bond donors (Lipinski definition) is 3. The van der Waals surface area contributed by atoms with E-state index < -0.39 is 0 Å². The predicted octanol–water partition coefficient (Wildman–Crippen LogP) is 1.60. The minimum Gasteiger partial charge on any atom is -0.448 e. The summed E-state index contributed by atoms with van der Waals surface area (Å²) in [5.41, 5.74) is 4.52. The Balaban J connectivity index is 1.58. The highest BCUT2D eigenvalue weighted by Gasteiger charge is 2.25. The maximum absolute atomic E-state index is 11.8. The van der Waals surface area contributed by atoms with Crippen LogP contribution in [-0.2, 0) is 6.42 Å². The topological polar surface area (TPSA) is 116 Å². The Kier molecular flexibility index (Phi) is 4.41. The number of hydrogen-bond acceptors (Lipinski definition) is 7. The number of nitrogens with one attached hydrogen (secondary N) is 3. The molecule has 1 saturated carbocycles. The Morgan fingerprint density at radius 2 is 2.35 bits per heavy atom. The second-order valence-electron chi connectivity index (χ2n) is 5.15. The zero-order chi connectivity index (χ0) is 16.1. The quantitative estimate of drug-likeness (QED) is 0.530. The first kappa shape index (κ1) is 14.9. The molecule has 0 spiro atoms. The molecule has 2 aromatic heterocycles. The molecule has 2 heterocycles. The fourth-order valence-corrected chi connectivity index (χ4v) is 1.88. The molecule has 3 N–H and O–H groups in total. The summed E-state index contributed by atoms with van der Waals surface area (Å²) in [5, 5.41) is 13.5. The van der Waals surface area contributed by atoms with Crippen LogP contribution in [0.4, 0.5) is 5.69 Å². The normalized spacial score (nSPS) is 13.9. The monoisotopic (exact) mass is 312 g/mol. The second-order valence-corrected chi connectivity index (χ2v) is 5.15. The number of nitrogens with zero attached hydrogens (tertiary/aromatic N) is 3. The van der Waals surface area contributed by atoms with E-state index in [0.29, 0.717) is 29.7 Å². The zero-order valence-corrected chi connectivity index (χ0v) is 12.3. The van der Waals surface area contributed by atoms with Gasteiger partial charge in [-0.05, 0) is 25.0 Å². The Bertz CT molecular complexity index is 718. The molecule has 0 bridgehead atoms. The molecule has 23 heavy (non-hydrogen) atoms. The van der Waals surface area contributed by atoms with E-state index in [4.69, 9.17) is 9.83 Å². The number of anilines is 1. The fraction of sp³-hybridized carbons (Fsp3) is 0.267. The summed E-state index contributed by atoms with van der Waals surface area (Å²) in [4.78, 5) is 20.3. The third-order valence-electron chi connectivity index (χ3n) is 3.20. The molecular weight excluding hydrogens is 296 g/mol. The molecular formula is C15H16N6O2. The first-order valence-electron chi connectivity index (χ1n) is 7.23. The first-order valence-corrected chi connectivity index (χ1v) is 7.23. The molecule has 8 heteroatoms. The second kappa shape index (κ2) is 6.82. The molecule has 0 aromatic carbocycles. The molecule has 1 amide bonds. The van der Waals surface area contributed by atoms with Crippen molar-refractivity contribution in [1.29, 1.82) is 5.41 Å². The van der Waals surface area contributed by atoms with Crippen molar-refractivity contribution in [2.75, 3.05) is 5.43 Å². The average molecular weight is 312 g/mol. The number of rotatable bonds is 7. The maximum Gasteiger partial charge on any atom is 0.273 e. The third kappa shape index (κ3) is 4.22. The van der Waals surface area contributed by atoms with Crippen molar-refractivity contribution in [3.05, 3.63) is 41.9 Å². The number of aromatic nitrogens is 2. The van der Waals surface area contributed by atoms with Gasteiger partial charge in [-0.2, -0.15) is 5.10 Å². The highest BCUT2D eigenvalue weighted by molar-refractivity contribution is 6.14. The summed E-state index contributed by atoms with van der Waals surface area (Å²) < 4.78 is 5.33. The van der Waals surface area contributed by atoms with Crippen LogP contribution in [-0.4, -0.2) is 34.3 Å². The SMILES string of the molecule is N=C/C=N\Nc1ccc(Cc2nc(C(=O)NC3CC3)co2)nc1. The van der Waals surface area contributed by atoms with Gasteiger partial charge in [0.05, 0.1) is 24.5 Å². The van der Waals surface area contributed by atoms with Gasteiger partial charge in [0.15, 0.2) is 5.69 Å². The van der Waals surface area contributed by atoms with Gasteiger partial charge in [-0.15, -0.1) is 0 Å². The zero-order valence-electron chi connectivity index (χ0n) is 12.3. The van der Waals surface area contributed by atoms with Gasteiger partial charge in [0.25, 0.3) is 5.91 Å². The van der Waals surface area contributed by atoms with E-state index >= 15 is 0 Å². The van der Waals surface area contributed by atoms with Crippen LogP contribution in [0.3, 0.4) is 0 Å². The summed E-state index contributed by atoms with van der Waals surface area (Å²) in [6, 6.07) is 3.92. The maximum atomic E-state index is 11.8. The van der Waals surface area contributed by atoms with Crippen LogP contribution in [0.15, 0.2) is 34.1 Å². The van der Waals surface area contributed by atoms with Crippen molar-refractivity contribution in [2.45, 2.75) is 25.3 Å². The molecule has 0 aliphatic heterocycles. The summed E-state index contributed by atoms with van der Waals surface area (Å²) in [6.07, 6.45) is 7.87. The van der Waals surface area contributed by atoms with Crippen molar-refractivity contribution in [3.8, 4) is 0 Å². The Hall–Kier alpha value is -3.03. The average Bonchev–Trinajstić information content (AvgIpc) is 3.24. The van der Waals surface area contributed by atoms with E-state index in [-0.39, 0.29) is 5.91 Å². The molecule has 0 saturated heterocycles. The minimum absolute atomic E-state index is 0.195. The van der Waals surface area contributed by atoms with E-state index in [9.17, 15) is 4.79 Å². The largest absolute Gasteiger partial charge is 0.448 e. The number of oxazole rings is 1. The lowest BCUT2D eigenvalue weighted by Gasteiger charge is -2.01. The van der Waals surface area contributed by atoms with Crippen LogP contribution in [0.5, 0.6) is 0 Å². The number of hydrazone groups is 1. The number of carbonyl (C=O) groups is 1.